The van der Waals surface area contributed by atoms with Crippen molar-refractivity contribution in [2.24, 2.45) is 0 Å². The number of methoxy groups -OCH3 is 1. The average Bonchev–Trinajstić information content (AvgIpc) is 2.52. The molecule has 1 aromatic rings. The summed E-state index contributed by atoms with van der Waals surface area (Å²) in [4.78, 5) is 2.20. The molecule has 21 heavy (non-hydrogen) atoms. The van der Waals surface area contributed by atoms with Crippen molar-refractivity contribution < 1.29 is 9.47 Å². The fourth-order valence-corrected chi connectivity index (χ4v) is 2.33. The molecule has 1 heterocycles. The van der Waals surface area contributed by atoms with Crippen LogP contribution in [-0.2, 0) is 4.74 Å². The second-order valence-electron chi connectivity index (χ2n) is 4.87. The van der Waals surface area contributed by atoms with Crippen LogP contribution in [0.2, 0.25) is 0 Å². The first-order valence-electron chi connectivity index (χ1n) is 7.33. The summed E-state index contributed by atoms with van der Waals surface area (Å²) in [7, 11) is 1.70. The number of nitrogens with zero attached hydrogens (tertiary/aromatic N) is 1. The van der Waals surface area contributed by atoms with Gasteiger partial charge in [0.2, 0.25) is 0 Å². The van der Waals surface area contributed by atoms with E-state index in [0.717, 1.165) is 31.0 Å². The van der Waals surface area contributed by atoms with Crippen LogP contribution in [0.5, 0.6) is 5.75 Å². The summed E-state index contributed by atoms with van der Waals surface area (Å²) in [6.45, 7) is 8.52. The summed E-state index contributed by atoms with van der Waals surface area (Å²) in [5, 5.41) is 0. The molecule has 3 heteroatoms. The van der Waals surface area contributed by atoms with Gasteiger partial charge in [-0.05, 0) is 48.9 Å². The molecule has 0 saturated carbocycles. The zero-order chi connectivity index (χ0) is 15.1. The van der Waals surface area contributed by atoms with Gasteiger partial charge in [0.15, 0.2) is 0 Å². The Bertz CT molecular complexity index is 529. The molecule has 0 saturated heterocycles. The van der Waals surface area contributed by atoms with E-state index in [1.54, 1.807) is 7.11 Å². The molecule has 1 aliphatic rings. The second kappa shape index (κ2) is 7.70. The van der Waals surface area contributed by atoms with E-state index in [4.69, 9.17) is 9.47 Å². The average molecular weight is 285 g/mol. The summed E-state index contributed by atoms with van der Waals surface area (Å²) in [6, 6.07) is 8.20. The second-order valence-corrected chi connectivity index (χ2v) is 4.87. The molecule has 0 unspecified atom stereocenters. The van der Waals surface area contributed by atoms with Gasteiger partial charge in [0.05, 0.1) is 6.61 Å². The Morgan fingerprint density at radius 2 is 1.90 bits per heavy atom. The van der Waals surface area contributed by atoms with Crippen molar-refractivity contribution in [1.29, 1.82) is 0 Å². The number of likely N-dealkylation sites (N-methyl/N-ethyl adjacent to an activating group) is 1. The molecule has 2 rings (SSSR count). The molecule has 0 N–H and O–H groups in total. The summed E-state index contributed by atoms with van der Waals surface area (Å²) in [5.41, 5.74) is 3.37. The molecule has 0 atom stereocenters. The first kappa shape index (κ1) is 15.4. The van der Waals surface area contributed by atoms with E-state index in [2.05, 4.69) is 36.6 Å². The highest BCUT2D eigenvalue weighted by Gasteiger charge is 2.13. The van der Waals surface area contributed by atoms with E-state index >= 15 is 0 Å². The Morgan fingerprint density at radius 3 is 2.57 bits per heavy atom. The van der Waals surface area contributed by atoms with Crippen molar-refractivity contribution in [3.05, 3.63) is 60.3 Å². The SMILES string of the molecule is C=C1C=CC=C(c2ccc(OCCCOC)cc2)N1CC. The fraction of sp³-hybridized carbons (Fsp3) is 0.333. The largest absolute Gasteiger partial charge is 0.494 e. The number of hydrogen-bond acceptors (Lipinski definition) is 3. The standard InChI is InChI=1S/C18H23NO2/c1-4-19-15(2)7-5-8-18(19)16-9-11-17(12-10-16)21-14-6-13-20-3/h5,7-12H,2,4,6,13-14H2,1,3H3. The number of rotatable bonds is 7. The Kier molecular flexibility index (Phi) is 5.64. The van der Waals surface area contributed by atoms with Crippen LogP contribution >= 0.6 is 0 Å². The lowest BCUT2D eigenvalue weighted by molar-refractivity contribution is 0.172. The van der Waals surface area contributed by atoms with Gasteiger partial charge in [0.25, 0.3) is 0 Å². The van der Waals surface area contributed by atoms with Gasteiger partial charge in [0, 0.05) is 38.1 Å². The van der Waals surface area contributed by atoms with E-state index < -0.39 is 0 Å². The first-order valence-corrected chi connectivity index (χ1v) is 7.33. The third-order valence-corrected chi connectivity index (χ3v) is 3.41. The minimum atomic E-state index is 0.677. The molecular formula is C18H23NO2. The monoisotopic (exact) mass is 285 g/mol. The lowest BCUT2D eigenvalue weighted by Gasteiger charge is -2.28. The van der Waals surface area contributed by atoms with Crippen LogP contribution in [0.1, 0.15) is 18.9 Å². The zero-order valence-electron chi connectivity index (χ0n) is 12.8. The number of benzene rings is 1. The highest BCUT2D eigenvalue weighted by molar-refractivity contribution is 5.69. The van der Waals surface area contributed by atoms with Gasteiger partial charge in [-0.2, -0.15) is 0 Å². The smallest absolute Gasteiger partial charge is 0.119 e. The van der Waals surface area contributed by atoms with Gasteiger partial charge in [-0.25, -0.2) is 0 Å². The van der Waals surface area contributed by atoms with Crippen molar-refractivity contribution in [3.8, 4) is 5.75 Å². The predicted octanol–water partition coefficient (Wildman–Crippen LogP) is 3.85. The lowest BCUT2D eigenvalue weighted by atomic mass is 10.1. The molecular weight excluding hydrogens is 262 g/mol. The topological polar surface area (TPSA) is 21.7 Å². The number of allylic oxidation sites excluding steroid dienone is 3. The van der Waals surface area contributed by atoms with Crippen molar-refractivity contribution in [3.63, 3.8) is 0 Å². The first-order chi connectivity index (χ1) is 10.3. The molecule has 0 aliphatic carbocycles. The van der Waals surface area contributed by atoms with Crippen LogP contribution in [0.3, 0.4) is 0 Å². The van der Waals surface area contributed by atoms with E-state index in [1.807, 2.05) is 24.3 Å². The van der Waals surface area contributed by atoms with Gasteiger partial charge in [-0.15, -0.1) is 0 Å². The predicted molar refractivity (Wildman–Crippen MR) is 87.1 cm³/mol. The van der Waals surface area contributed by atoms with Crippen LogP contribution in [0.15, 0.2) is 54.8 Å². The van der Waals surface area contributed by atoms with Gasteiger partial charge >= 0.3 is 0 Å². The maximum absolute atomic E-state index is 5.68. The Balaban J connectivity index is 2.03. The third kappa shape index (κ3) is 3.99. The quantitative estimate of drug-likeness (QED) is 0.710. The highest BCUT2D eigenvalue weighted by Crippen LogP contribution is 2.27. The van der Waals surface area contributed by atoms with E-state index in [1.165, 1.54) is 11.3 Å². The van der Waals surface area contributed by atoms with E-state index in [0.29, 0.717) is 6.61 Å². The van der Waals surface area contributed by atoms with Crippen molar-refractivity contribution in [1.82, 2.24) is 4.90 Å². The molecule has 112 valence electrons. The van der Waals surface area contributed by atoms with Gasteiger partial charge in [-0.1, -0.05) is 12.7 Å². The molecule has 0 fully saturated rings. The number of hydrogen-bond donors (Lipinski definition) is 0. The molecule has 0 radical (unpaired) electrons. The fourth-order valence-electron chi connectivity index (χ4n) is 2.33. The van der Waals surface area contributed by atoms with E-state index in [9.17, 15) is 0 Å². The van der Waals surface area contributed by atoms with Crippen molar-refractivity contribution >= 4 is 5.70 Å². The molecule has 1 aliphatic heterocycles. The summed E-state index contributed by atoms with van der Waals surface area (Å²) >= 11 is 0. The van der Waals surface area contributed by atoms with Crippen LogP contribution in [-0.4, -0.2) is 31.8 Å². The summed E-state index contributed by atoms with van der Waals surface area (Å²) in [6.07, 6.45) is 7.09. The molecule has 3 nitrogen and oxygen atoms in total. The van der Waals surface area contributed by atoms with Crippen LogP contribution in [0.25, 0.3) is 5.70 Å². The minimum absolute atomic E-state index is 0.677. The maximum atomic E-state index is 5.68. The number of ether oxygens (including phenoxy) is 2. The third-order valence-electron chi connectivity index (χ3n) is 3.41. The van der Waals surface area contributed by atoms with Gasteiger partial charge in [-0.3, -0.25) is 0 Å². The molecule has 0 spiro atoms. The maximum Gasteiger partial charge on any atom is 0.119 e. The molecule has 1 aromatic carbocycles. The zero-order valence-corrected chi connectivity index (χ0v) is 12.8. The highest BCUT2D eigenvalue weighted by atomic mass is 16.5. The molecule has 0 aromatic heterocycles. The summed E-state index contributed by atoms with van der Waals surface area (Å²) < 4.78 is 10.7. The van der Waals surface area contributed by atoms with Crippen LogP contribution < -0.4 is 4.74 Å². The Morgan fingerprint density at radius 1 is 1.14 bits per heavy atom. The van der Waals surface area contributed by atoms with Crippen LogP contribution in [0, 0.1) is 0 Å². The summed E-state index contributed by atoms with van der Waals surface area (Å²) in [5.74, 6) is 0.892. The molecule has 0 bridgehead atoms. The lowest BCUT2D eigenvalue weighted by Crippen LogP contribution is -2.21. The Hall–Kier alpha value is -2.00. The van der Waals surface area contributed by atoms with Gasteiger partial charge in [0.1, 0.15) is 5.75 Å². The van der Waals surface area contributed by atoms with Gasteiger partial charge < -0.3 is 14.4 Å². The van der Waals surface area contributed by atoms with E-state index in [-0.39, 0.29) is 0 Å². The normalized spacial score (nSPS) is 14.3. The molecule has 0 amide bonds. The van der Waals surface area contributed by atoms with Crippen LogP contribution in [0.4, 0.5) is 0 Å². The van der Waals surface area contributed by atoms with Crippen molar-refractivity contribution in [2.45, 2.75) is 13.3 Å². The van der Waals surface area contributed by atoms with Crippen molar-refractivity contribution in [2.75, 3.05) is 26.9 Å². The minimum Gasteiger partial charge on any atom is -0.494 e. The Labute approximate surface area is 127 Å².